The maximum absolute atomic E-state index is 12.2. The molecule has 0 aliphatic carbocycles. The molecule has 1 saturated heterocycles. The fraction of sp³-hybridized carbons (Fsp3) is 0.421. The number of thiazole rings is 1. The standard InChI is InChI=1S/C19H24N4O3S/c24-15-6-4-14(5-7-15)8-10-20-18(26)16-13-22-19(27-16)21-9-2-12-23-11-1-3-17(23)25/h4-7,13,24H,1-3,8-12H2,(H,20,26)(H,21,22). The number of anilines is 1. The van der Waals surface area contributed by atoms with E-state index in [0.29, 0.717) is 29.4 Å². The topological polar surface area (TPSA) is 94.6 Å². The van der Waals surface area contributed by atoms with E-state index in [2.05, 4.69) is 15.6 Å². The number of hydrogen-bond donors (Lipinski definition) is 3. The second kappa shape index (κ2) is 9.36. The van der Waals surface area contributed by atoms with Crippen LogP contribution in [0.15, 0.2) is 30.5 Å². The number of phenols is 1. The minimum Gasteiger partial charge on any atom is -0.508 e. The van der Waals surface area contributed by atoms with Gasteiger partial charge in [-0.2, -0.15) is 0 Å². The van der Waals surface area contributed by atoms with Gasteiger partial charge in [-0.3, -0.25) is 9.59 Å². The van der Waals surface area contributed by atoms with E-state index >= 15 is 0 Å². The molecule has 2 aromatic rings. The molecule has 1 aliphatic heterocycles. The van der Waals surface area contributed by atoms with E-state index in [-0.39, 0.29) is 17.6 Å². The smallest absolute Gasteiger partial charge is 0.263 e. The van der Waals surface area contributed by atoms with Gasteiger partial charge in [-0.25, -0.2) is 4.98 Å². The number of carbonyl (C=O) groups is 2. The zero-order valence-electron chi connectivity index (χ0n) is 15.1. The van der Waals surface area contributed by atoms with Crippen LogP contribution >= 0.6 is 11.3 Å². The van der Waals surface area contributed by atoms with E-state index < -0.39 is 0 Å². The second-order valence-corrected chi connectivity index (χ2v) is 7.50. The lowest BCUT2D eigenvalue weighted by atomic mass is 10.1. The van der Waals surface area contributed by atoms with Crippen LogP contribution in [0.1, 0.15) is 34.5 Å². The molecule has 1 fully saturated rings. The normalized spacial score (nSPS) is 13.8. The van der Waals surface area contributed by atoms with E-state index in [4.69, 9.17) is 0 Å². The van der Waals surface area contributed by atoms with Crippen LogP contribution < -0.4 is 10.6 Å². The SMILES string of the molecule is O=C(NCCc1ccc(O)cc1)c1cnc(NCCCN2CCCC2=O)s1. The van der Waals surface area contributed by atoms with Crippen molar-refractivity contribution in [2.75, 3.05) is 31.5 Å². The number of benzene rings is 1. The van der Waals surface area contributed by atoms with Gasteiger partial charge >= 0.3 is 0 Å². The third kappa shape index (κ3) is 5.68. The first-order chi connectivity index (χ1) is 13.1. The average Bonchev–Trinajstić information content (AvgIpc) is 3.29. The summed E-state index contributed by atoms with van der Waals surface area (Å²) in [5, 5.41) is 16.1. The van der Waals surface area contributed by atoms with E-state index in [1.807, 2.05) is 17.0 Å². The van der Waals surface area contributed by atoms with E-state index in [1.54, 1.807) is 18.3 Å². The molecule has 3 N–H and O–H groups in total. The first kappa shape index (κ1) is 19.2. The Balaban J connectivity index is 1.35. The molecule has 1 aliphatic rings. The predicted octanol–water partition coefficient (Wildman–Crippen LogP) is 2.25. The molecule has 27 heavy (non-hydrogen) atoms. The number of aromatic hydroxyl groups is 1. The maximum atomic E-state index is 12.2. The first-order valence-corrected chi connectivity index (χ1v) is 9.97. The van der Waals surface area contributed by atoms with Gasteiger partial charge in [0.05, 0.1) is 6.20 Å². The molecule has 0 unspecified atom stereocenters. The molecule has 144 valence electrons. The quantitative estimate of drug-likeness (QED) is 0.573. The second-order valence-electron chi connectivity index (χ2n) is 6.47. The number of rotatable bonds is 9. The summed E-state index contributed by atoms with van der Waals surface area (Å²) in [4.78, 5) is 30.4. The molecule has 0 radical (unpaired) electrons. The van der Waals surface area contributed by atoms with Gasteiger partial charge < -0.3 is 20.6 Å². The Morgan fingerprint density at radius 3 is 2.81 bits per heavy atom. The third-order valence-corrected chi connectivity index (χ3v) is 5.37. The lowest BCUT2D eigenvalue weighted by Gasteiger charge is -2.14. The predicted molar refractivity (Wildman–Crippen MR) is 105 cm³/mol. The number of hydrogen-bond acceptors (Lipinski definition) is 6. The lowest BCUT2D eigenvalue weighted by Crippen LogP contribution is -2.26. The molecule has 1 aromatic carbocycles. The van der Waals surface area contributed by atoms with Gasteiger partial charge in [0, 0.05) is 32.6 Å². The van der Waals surface area contributed by atoms with Crippen molar-refractivity contribution < 1.29 is 14.7 Å². The fourth-order valence-electron chi connectivity index (χ4n) is 2.94. The highest BCUT2D eigenvalue weighted by Gasteiger charge is 2.19. The molecular formula is C19H24N4O3S. The Morgan fingerprint density at radius 2 is 2.07 bits per heavy atom. The third-order valence-electron chi connectivity index (χ3n) is 4.42. The van der Waals surface area contributed by atoms with Crippen molar-refractivity contribution in [3.05, 3.63) is 40.9 Å². The number of carbonyl (C=O) groups excluding carboxylic acids is 2. The van der Waals surface area contributed by atoms with Crippen molar-refractivity contribution >= 4 is 28.3 Å². The van der Waals surface area contributed by atoms with E-state index in [1.165, 1.54) is 11.3 Å². The summed E-state index contributed by atoms with van der Waals surface area (Å²) in [6.07, 6.45) is 4.77. The Bertz CT molecular complexity index is 776. The fourth-order valence-corrected chi connectivity index (χ4v) is 3.69. The Hall–Kier alpha value is -2.61. The monoisotopic (exact) mass is 388 g/mol. The van der Waals surface area contributed by atoms with Gasteiger partial charge in [0.2, 0.25) is 5.91 Å². The van der Waals surface area contributed by atoms with Gasteiger partial charge in [-0.05, 0) is 37.0 Å². The minimum atomic E-state index is -0.137. The highest BCUT2D eigenvalue weighted by molar-refractivity contribution is 7.17. The number of likely N-dealkylation sites (tertiary alicyclic amines) is 1. The Morgan fingerprint density at radius 1 is 1.26 bits per heavy atom. The molecule has 3 rings (SSSR count). The van der Waals surface area contributed by atoms with Crippen LogP contribution in [-0.2, 0) is 11.2 Å². The zero-order valence-corrected chi connectivity index (χ0v) is 15.9. The number of nitrogens with one attached hydrogen (secondary N) is 2. The summed E-state index contributed by atoms with van der Waals surface area (Å²) in [5.41, 5.74) is 1.05. The van der Waals surface area contributed by atoms with Crippen LogP contribution in [0.25, 0.3) is 0 Å². The largest absolute Gasteiger partial charge is 0.508 e. The molecule has 2 amide bonds. The van der Waals surface area contributed by atoms with Crippen LogP contribution in [0, 0.1) is 0 Å². The summed E-state index contributed by atoms with van der Waals surface area (Å²) in [5.74, 6) is 0.344. The van der Waals surface area contributed by atoms with E-state index in [0.717, 1.165) is 38.0 Å². The highest BCUT2D eigenvalue weighted by atomic mass is 32.1. The molecule has 0 spiro atoms. The number of aromatic nitrogens is 1. The highest BCUT2D eigenvalue weighted by Crippen LogP contribution is 2.18. The van der Waals surface area contributed by atoms with Crippen LogP contribution in [0.2, 0.25) is 0 Å². The lowest BCUT2D eigenvalue weighted by molar-refractivity contribution is -0.127. The van der Waals surface area contributed by atoms with Crippen molar-refractivity contribution in [3.63, 3.8) is 0 Å². The number of nitrogens with zero attached hydrogens (tertiary/aromatic N) is 2. The Labute approximate surface area is 162 Å². The van der Waals surface area contributed by atoms with Gasteiger partial charge in [0.1, 0.15) is 10.6 Å². The molecular weight excluding hydrogens is 364 g/mol. The molecule has 7 nitrogen and oxygen atoms in total. The molecule has 0 bridgehead atoms. The van der Waals surface area contributed by atoms with Crippen molar-refractivity contribution in [2.45, 2.75) is 25.7 Å². The first-order valence-electron chi connectivity index (χ1n) is 9.15. The number of phenolic OH excluding ortho intramolecular Hbond substituents is 1. The maximum Gasteiger partial charge on any atom is 0.263 e. The molecule has 1 aromatic heterocycles. The van der Waals surface area contributed by atoms with Gasteiger partial charge in [-0.15, -0.1) is 0 Å². The number of amides is 2. The molecule has 0 atom stereocenters. The van der Waals surface area contributed by atoms with Crippen LogP contribution in [0.4, 0.5) is 5.13 Å². The molecule has 2 heterocycles. The Kier molecular flexibility index (Phi) is 6.64. The van der Waals surface area contributed by atoms with Gasteiger partial charge in [-0.1, -0.05) is 23.5 Å². The minimum absolute atomic E-state index is 0.137. The van der Waals surface area contributed by atoms with E-state index in [9.17, 15) is 14.7 Å². The summed E-state index contributed by atoms with van der Waals surface area (Å²) in [7, 11) is 0. The van der Waals surface area contributed by atoms with Crippen LogP contribution in [-0.4, -0.2) is 53.0 Å². The summed E-state index contributed by atoms with van der Waals surface area (Å²) in [6.45, 7) is 2.87. The average molecular weight is 388 g/mol. The van der Waals surface area contributed by atoms with Crippen molar-refractivity contribution in [1.29, 1.82) is 0 Å². The van der Waals surface area contributed by atoms with Crippen LogP contribution in [0.5, 0.6) is 5.75 Å². The summed E-state index contributed by atoms with van der Waals surface area (Å²) < 4.78 is 0. The van der Waals surface area contributed by atoms with Crippen molar-refractivity contribution in [1.82, 2.24) is 15.2 Å². The zero-order chi connectivity index (χ0) is 19.1. The molecule has 0 saturated carbocycles. The van der Waals surface area contributed by atoms with Crippen LogP contribution in [0.3, 0.4) is 0 Å². The summed E-state index contributed by atoms with van der Waals surface area (Å²) >= 11 is 1.32. The van der Waals surface area contributed by atoms with Gasteiger partial charge in [0.15, 0.2) is 5.13 Å². The summed E-state index contributed by atoms with van der Waals surface area (Å²) in [6, 6.07) is 6.95. The van der Waals surface area contributed by atoms with Crippen molar-refractivity contribution in [3.8, 4) is 5.75 Å². The molecule has 8 heteroatoms. The van der Waals surface area contributed by atoms with Crippen molar-refractivity contribution in [2.24, 2.45) is 0 Å². The van der Waals surface area contributed by atoms with Gasteiger partial charge in [0.25, 0.3) is 5.91 Å².